The Bertz CT molecular complexity index is 1000. The van der Waals surface area contributed by atoms with Crippen LogP contribution in [0.1, 0.15) is 125 Å². The van der Waals surface area contributed by atoms with Crippen molar-refractivity contribution in [3.63, 3.8) is 0 Å². The van der Waals surface area contributed by atoms with E-state index in [4.69, 9.17) is 48.1 Å². The molecule has 2 heterocycles. The third kappa shape index (κ3) is 28.6. The first-order valence-electron chi connectivity index (χ1n) is 15.0. The summed E-state index contributed by atoms with van der Waals surface area (Å²) in [5.41, 5.74) is 1.88. The summed E-state index contributed by atoms with van der Waals surface area (Å²) in [5.74, 6) is -2.40. The number of pyridine rings is 2. The second kappa shape index (κ2) is 31.4. The first-order valence-corrected chi connectivity index (χ1v) is 20.6. The third-order valence-corrected chi connectivity index (χ3v) is 5.72. The monoisotopic (exact) mass is 853 g/mol. The Hall–Kier alpha value is -2.55. The van der Waals surface area contributed by atoms with Crippen molar-refractivity contribution in [1.29, 1.82) is 0 Å². The summed E-state index contributed by atoms with van der Waals surface area (Å²) in [6.45, 7) is 7.39. The van der Waals surface area contributed by atoms with E-state index in [2.05, 4.69) is 23.8 Å². The van der Waals surface area contributed by atoms with Crippen molar-refractivity contribution >= 4 is 42.7 Å². The standard InChI is InChI=1S/C28H40N2O4.2C2H4O2.2ClH.Pt/c1-3-5-7-9-11-13-19-33-27(31)23-15-17-29-25(21-23)26-22-24(16-18-30-26)28(32)34-20-14-12-10-8-6-4-2;2*1-2(3)4;;;/h15-18,21-22H,3-14,19-20H2,1-2H3;2*1H3,(H,3,4);2*1H;/q;;;;;+2/p-2. The number of nitrogens with zero attached hydrogens (tertiary/aromatic N) is 2. The molecule has 258 valence electrons. The molecule has 0 amide bonds. The average Bonchev–Trinajstić information content (AvgIpc) is 3.00. The second-order valence-corrected chi connectivity index (χ2v) is 13.0. The summed E-state index contributed by atoms with van der Waals surface area (Å²) in [6, 6.07) is 6.56. The molecule has 0 aliphatic heterocycles. The molecule has 0 aliphatic carbocycles. The van der Waals surface area contributed by atoms with E-state index in [-0.39, 0.29) is 11.9 Å². The number of hydrogen-bond acceptors (Lipinski definition) is 8. The molecular weight excluding hydrogens is 806 g/mol. The van der Waals surface area contributed by atoms with Gasteiger partial charge >= 0.3 is 47.3 Å². The number of aromatic nitrogens is 2. The van der Waals surface area contributed by atoms with E-state index in [0.29, 0.717) is 35.7 Å². The number of rotatable bonds is 17. The first-order chi connectivity index (χ1) is 21.5. The maximum absolute atomic E-state index is 12.4. The summed E-state index contributed by atoms with van der Waals surface area (Å²) in [5, 5.41) is 14.8. The Kier molecular flexibility index (Phi) is 31.1. The van der Waals surface area contributed by atoms with Crippen molar-refractivity contribution in [2.75, 3.05) is 13.2 Å². The SMILES string of the molecule is CC(=O)O.CC(=O)O.CCCCCCCCOC(=O)c1ccnc(-c2cc(C(=O)OCCCCCCCC)ccn2)c1.[Cl][Pt][Cl]. The molecule has 0 unspecified atom stereocenters. The Balaban J connectivity index is 0. The van der Waals surface area contributed by atoms with Crippen LogP contribution in [0.2, 0.25) is 0 Å². The summed E-state index contributed by atoms with van der Waals surface area (Å²) in [4.78, 5) is 51.5. The zero-order chi connectivity index (χ0) is 34.3. The Labute approximate surface area is 284 Å². The molecular formula is C32H48Cl2N2O8Pt. The molecule has 0 spiro atoms. The molecule has 2 rings (SSSR count). The van der Waals surface area contributed by atoms with Crippen molar-refractivity contribution in [2.24, 2.45) is 0 Å². The van der Waals surface area contributed by atoms with Crippen LogP contribution in [0.25, 0.3) is 11.4 Å². The van der Waals surface area contributed by atoms with Crippen molar-refractivity contribution < 1.29 is 55.3 Å². The van der Waals surface area contributed by atoms with Crippen molar-refractivity contribution in [2.45, 2.75) is 105 Å². The maximum atomic E-state index is 12.4. The van der Waals surface area contributed by atoms with Crippen LogP contribution in [0.15, 0.2) is 36.7 Å². The molecule has 10 nitrogen and oxygen atoms in total. The van der Waals surface area contributed by atoms with E-state index in [9.17, 15) is 9.59 Å². The van der Waals surface area contributed by atoms with E-state index in [1.165, 1.54) is 51.4 Å². The normalized spacial score (nSPS) is 9.73. The van der Waals surface area contributed by atoms with Crippen LogP contribution in [0.5, 0.6) is 0 Å². The van der Waals surface area contributed by atoms with Gasteiger partial charge in [-0.05, 0) is 37.1 Å². The number of carbonyl (C=O) groups excluding carboxylic acids is 2. The van der Waals surface area contributed by atoms with Crippen LogP contribution in [0, 0.1) is 0 Å². The molecule has 0 aliphatic rings. The summed E-state index contributed by atoms with van der Waals surface area (Å²) in [6.07, 6.45) is 16.8. The van der Waals surface area contributed by atoms with Gasteiger partial charge in [-0.25, -0.2) is 9.59 Å². The molecule has 2 aromatic rings. The van der Waals surface area contributed by atoms with Gasteiger partial charge in [0.15, 0.2) is 0 Å². The van der Waals surface area contributed by atoms with Gasteiger partial charge in [-0.15, -0.1) is 0 Å². The molecule has 0 saturated carbocycles. The van der Waals surface area contributed by atoms with Gasteiger partial charge < -0.3 is 19.7 Å². The number of ether oxygens (including phenoxy) is 2. The number of carboxylic acid groups (broad SMARTS) is 2. The van der Waals surface area contributed by atoms with Gasteiger partial charge in [-0.1, -0.05) is 78.1 Å². The fourth-order valence-corrected chi connectivity index (χ4v) is 3.66. The number of halogens is 2. The Morgan fingerprint density at radius 2 is 0.933 bits per heavy atom. The predicted octanol–water partition coefficient (Wildman–Crippen LogP) is 8.74. The number of hydrogen-bond donors (Lipinski definition) is 2. The van der Waals surface area contributed by atoms with E-state index < -0.39 is 28.4 Å². The molecule has 45 heavy (non-hydrogen) atoms. The third-order valence-electron chi connectivity index (χ3n) is 5.72. The van der Waals surface area contributed by atoms with E-state index in [1.807, 2.05) is 0 Å². The van der Waals surface area contributed by atoms with Crippen LogP contribution < -0.4 is 0 Å². The van der Waals surface area contributed by atoms with Crippen molar-refractivity contribution in [3.8, 4) is 11.4 Å². The van der Waals surface area contributed by atoms with Crippen LogP contribution in [-0.2, 0) is 35.5 Å². The predicted molar refractivity (Wildman–Crippen MR) is 173 cm³/mol. The summed E-state index contributed by atoms with van der Waals surface area (Å²) >= 11 is -0.472. The van der Waals surface area contributed by atoms with Crippen molar-refractivity contribution in [3.05, 3.63) is 47.8 Å². The molecule has 2 N–H and O–H groups in total. The summed E-state index contributed by atoms with van der Waals surface area (Å²) in [7, 11) is 9.75. The number of carbonyl (C=O) groups is 4. The molecule has 0 bridgehead atoms. The van der Waals surface area contributed by atoms with E-state index in [0.717, 1.165) is 39.5 Å². The Morgan fingerprint density at radius 3 is 1.24 bits per heavy atom. The fourth-order valence-electron chi connectivity index (χ4n) is 3.66. The van der Waals surface area contributed by atoms with Gasteiger partial charge in [0.05, 0.1) is 35.7 Å². The molecule has 13 heteroatoms. The fraction of sp³-hybridized carbons (Fsp3) is 0.562. The molecule has 0 saturated heterocycles. The quantitative estimate of drug-likeness (QED) is 0.117. The Morgan fingerprint density at radius 1 is 0.644 bits per heavy atom. The summed E-state index contributed by atoms with van der Waals surface area (Å²) < 4.78 is 10.8. The molecule has 0 aromatic carbocycles. The van der Waals surface area contributed by atoms with E-state index in [1.54, 1.807) is 36.7 Å². The van der Waals surface area contributed by atoms with Crippen LogP contribution in [0.3, 0.4) is 0 Å². The number of unbranched alkanes of at least 4 members (excludes halogenated alkanes) is 10. The van der Waals surface area contributed by atoms with Gasteiger partial charge in [0.1, 0.15) is 0 Å². The van der Waals surface area contributed by atoms with E-state index >= 15 is 0 Å². The van der Waals surface area contributed by atoms with Gasteiger partial charge in [0, 0.05) is 26.2 Å². The number of aliphatic carboxylic acids is 2. The topological polar surface area (TPSA) is 153 Å². The molecule has 0 atom stereocenters. The van der Waals surface area contributed by atoms with Crippen LogP contribution in [-0.4, -0.2) is 57.3 Å². The minimum atomic E-state index is -0.833. The number of carboxylic acids is 2. The zero-order valence-electron chi connectivity index (χ0n) is 26.7. The average molecular weight is 855 g/mol. The van der Waals surface area contributed by atoms with Gasteiger partial charge in [0.25, 0.3) is 11.9 Å². The van der Waals surface area contributed by atoms with Gasteiger partial charge in [-0.2, -0.15) is 0 Å². The van der Waals surface area contributed by atoms with Crippen LogP contribution >= 0.6 is 18.8 Å². The molecule has 2 aromatic heterocycles. The molecule has 0 radical (unpaired) electrons. The van der Waals surface area contributed by atoms with Crippen LogP contribution in [0.4, 0.5) is 0 Å². The number of esters is 2. The van der Waals surface area contributed by atoms with Crippen molar-refractivity contribution in [1.82, 2.24) is 9.97 Å². The van der Waals surface area contributed by atoms with Gasteiger partial charge in [0.2, 0.25) is 0 Å². The van der Waals surface area contributed by atoms with Gasteiger partial charge in [-0.3, -0.25) is 19.6 Å². The molecule has 0 fully saturated rings. The second-order valence-electron chi connectivity index (χ2n) is 9.75. The zero-order valence-corrected chi connectivity index (χ0v) is 30.5. The minimum absolute atomic E-state index is 0.369. The first kappa shape index (κ1) is 44.6.